The summed E-state index contributed by atoms with van der Waals surface area (Å²) in [5, 5.41) is 0. The van der Waals surface area contributed by atoms with Crippen LogP contribution in [0.25, 0.3) is 6.08 Å². The fourth-order valence-electron chi connectivity index (χ4n) is 2.82. The summed E-state index contributed by atoms with van der Waals surface area (Å²) in [5.41, 5.74) is 3.01. The van der Waals surface area contributed by atoms with Crippen LogP contribution in [-0.2, 0) is 16.1 Å². The second-order valence-corrected chi connectivity index (χ2v) is 11.1. The number of carbonyl (C=O) groups is 1. The second kappa shape index (κ2) is 10.3. The lowest BCUT2D eigenvalue weighted by atomic mass is 10.2. The molecule has 0 aromatic heterocycles. The number of carbonyl (C=O) groups excluding carboxylic acids is 1. The Morgan fingerprint density at radius 1 is 0.968 bits per heavy atom. The van der Waals surface area contributed by atoms with Gasteiger partial charge in [-0.1, -0.05) is 28.1 Å². The highest BCUT2D eigenvalue weighted by atomic mass is 127. The molecule has 0 amide bonds. The molecule has 0 atom stereocenters. The van der Waals surface area contributed by atoms with E-state index in [2.05, 4.69) is 113 Å². The van der Waals surface area contributed by atoms with Crippen LogP contribution in [0.15, 0.2) is 75.8 Å². The first kappa shape index (κ1) is 23.2. The minimum Gasteiger partial charge on any atom is -0.487 e. The summed E-state index contributed by atoms with van der Waals surface area (Å²) in [7, 11) is 0. The Morgan fingerprint density at radius 2 is 1.61 bits per heavy atom. The molecule has 0 bridgehead atoms. The van der Waals surface area contributed by atoms with Crippen LogP contribution < -0.4 is 4.74 Å². The van der Waals surface area contributed by atoms with Gasteiger partial charge >= 0.3 is 5.97 Å². The van der Waals surface area contributed by atoms with Gasteiger partial charge in [-0.2, -0.15) is 0 Å². The molecule has 0 saturated heterocycles. The van der Waals surface area contributed by atoms with E-state index in [4.69, 9.17) is 9.47 Å². The quantitative estimate of drug-likeness (QED) is 0.156. The highest BCUT2D eigenvalue weighted by Gasteiger charge is 2.24. The van der Waals surface area contributed by atoms with Crippen LogP contribution in [0.1, 0.15) is 16.7 Å². The minimum absolute atomic E-state index is 0.275. The average Bonchev–Trinajstić information content (AvgIpc) is 3.09. The van der Waals surface area contributed by atoms with Gasteiger partial charge < -0.3 is 9.47 Å². The Balaban J connectivity index is 1.54. The summed E-state index contributed by atoms with van der Waals surface area (Å²) < 4.78 is 15.5. The fraction of sp³-hybridized carbons (Fsp3) is 0.0435. The van der Waals surface area contributed by atoms with Crippen LogP contribution in [0.5, 0.6) is 5.75 Å². The first-order valence-corrected chi connectivity index (χ1v) is 13.1. The van der Waals surface area contributed by atoms with Gasteiger partial charge in [0.2, 0.25) is 5.90 Å². The zero-order valence-corrected chi connectivity index (χ0v) is 23.8. The maximum Gasteiger partial charge on any atom is 0.363 e. The molecule has 4 nitrogen and oxygen atoms in total. The van der Waals surface area contributed by atoms with Crippen molar-refractivity contribution in [3.8, 4) is 5.75 Å². The molecule has 0 spiro atoms. The summed E-state index contributed by atoms with van der Waals surface area (Å²) in [6.45, 7) is 0.497. The van der Waals surface area contributed by atoms with Crippen LogP contribution in [0.3, 0.4) is 0 Å². The molecule has 1 heterocycles. The van der Waals surface area contributed by atoms with Crippen molar-refractivity contribution in [2.75, 3.05) is 0 Å². The second-order valence-electron chi connectivity index (χ2n) is 6.57. The molecule has 1 aliphatic heterocycles. The molecule has 31 heavy (non-hydrogen) atoms. The van der Waals surface area contributed by atoms with Crippen molar-refractivity contribution in [3.63, 3.8) is 0 Å². The Hall–Kier alpha value is -0.990. The lowest BCUT2D eigenvalue weighted by molar-refractivity contribution is -0.129. The van der Waals surface area contributed by atoms with Crippen LogP contribution in [0.2, 0.25) is 0 Å². The molecule has 3 aromatic rings. The number of hydrogen-bond donors (Lipinski definition) is 0. The maximum atomic E-state index is 12.3. The largest absolute Gasteiger partial charge is 0.487 e. The minimum atomic E-state index is -0.457. The SMILES string of the molecule is O=C1OC(c2ccc(Br)cc2)=N/C1=C\c1cc(I)c(OCc2ccc(I)cc2)c(I)c1. The third kappa shape index (κ3) is 5.88. The van der Waals surface area contributed by atoms with Gasteiger partial charge in [-0.15, -0.1) is 0 Å². The zero-order valence-electron chi connectivity index (χ0n) is 15.7. The van der Waals surface area contributed by atoms with Crippen molar-refractivity contribution in [2.24, 2.45) is 4.99 Å². The number of halogens is 4. The molecular formula is C23H13BrI3NO3. The van der Waals surface area contributed by atoms with E-state index in [1.165, 1.54) is 3.57 Å². The lowest BCUT2D eigenvalue weighted by Gasteiger charge is -2.11. The van der Waals surface area contributed by atoms with Gasteiger partial charge in [0.25, 0.3) is 0 Å². The first-order chi connectivity index (χ1) is 14.9. The average molecular weight is 812 g/mol. The summed E-state index contributed by atoms with van der Waals surface area (Å²) in [4.78, 5) is 16.7. The van der Waals surface area contributed by atoms with E-state index in [-0.39, 0.29) is 5.70 Å². The molecule has 156 valence electrons. The Labute approximate surface area is 229 Å². The highest BCUT2D eigenvalue weighted by Crippen LogP contribution is 2.31. The third-order valence-electron chi connectivity index (χ3n) is 4.33. The van der Waals surface area contributed by atoms with Crippen molar-refractivity contribution >= 4 is 102 Å². The van der Waals surface area contributed by atoms with E-state index in [0.29, 0.717) is 12.5 Å². The number of nitrogens with zero attached hydrogens (tertiary/aromatic N) is 1. The summed E-state index contributed by atoms with van der Waals surface area (Å²) in [5.74, 6) is 0.683. The van der Waals surface area contributed by atoms with Gasteiger partial charge in [0.15, 0.2) is 5.70 Å². The molecule has 4 rings (SSSR count). The molecule has 1 aliphatic rings. The standard InChI is InChI=1S/C23H13BrI3NO3/c24-16-5-3-15(4-6-16)22-28-20(23(29)31-22)11-14-9-18(26)21(19(27)10-14)30-12-13-1-7-17(25)8-2-13/h1-11H,12H2/b20-11-. The Bertz CT molecular complexity index is 1180. The third-order valence-corrected chi connectivity index (χ3v) is 7.18. The molecule has 0 N–H and O–H groups in total. The number of ether oxygens (including phenoxy) is 2. The number of benzene rings is 3. The van der Waals surface area contributed by atoms with E-state index < -0.39 is 5.97 Å². The first-order valence-electron chi connectivity index (χ1n) is 9.04. The van der Waals surface area contributed by atoms with Gasteiger partial charge in [-0.3, -0.25) is 0 Å². The van der Waals surface area contributed by atoms with Crippen LogP contribution in [0.4, 0.5) is 0 Å². The smallest absolute Gasteiger partial charge is 0.363 e. The lowest BCUT2D eigenvalue weighted by Crippen LogP contribution is -2.05. The predicted octanol–water partition coefficient (Wildman–Crippen LogP) is 7.19. The molecule has 8 heteroatoms. The molecule has 0 saturated carbocycles. The molecule has 3 aromatic carbocycles. The highest BCUT2D eigenvalue weighted by molar-refractivity contribution is 14.1. The fourth-order valence-corrected chi connectivity index (χ4v) is 5.57. The predicted molar refractivity (Wildman–Crippen MR) is 150 cm³/mol. The number of esters is 1. The van der Waals surface area contributed by atoms with Gasteiger partial charge in [0.05, 0.1) is 7.14 Å². The molecule has 0 radical (unpaired) electrons. The number of cyclic esters (lactones) is 1. The van der Waals surface area contributed by atoms with E-state index in [1.807, 2.05) is 36.4 Å². The van der Waals surface area contributed by atoms with E-state index >= 15 is 0 Å². The summed E-state index contributed by atoms with van der Waals surface area (Å²) >= 11 is 10.2. The van der Waals surface area contributed by atoms with Gasteiger partial charge in [0, 0.05) is 13.6 Å². The number of rotatable bonds is 5. The summed E-state index contributed by atoms with van der Waals surface area (Å²) in [6.07, 6.45) is 1.74. The summed E-state index contributed by atoms with van der Waals surface area (Å²) in [6, 6.07) is 19.7. The number of aliphatic imine (C=N–C) groups is 1. The van der Waals surface area contributed by atoms with Gasteiger partial charge in [-0.25, -0.2) is 9.79 Å². The number of hydrogen-bond acceptors (Lipinski definition) is 4. The monoisotopic (exact) mass is 811 g/mol. The van der Waals surface area contributed by atoms with E-state index in [9.17, 15) is 4.79 Å². The molecule has 0 unspecified atom stereocenters. The molecule has 0 fully saturated rings. The van der Waals surface area contributed by atoms with Gasteiger partial charge in [0.1, 0.15) is 12.4 Å². The Morgan fingerprint density at radius 3 is 2.26 bits per heavy atom. The Kier molecular flexibility index (Phi) is 7.70. The van der Waals surface area contributed by atoms with Crippen molar-refractivity contribution in [1.82, 2.24) is 0 Å². The maximum absolute atomic E-state index is 12.3. The van der Waals surface area contributed by atoms with Crippen LogP contribution in [0, 0.1) is 10.7 Å². The normalized spacial score (nSPS) is 14.5. The van der Waals surface area contributed by atoms with Crippen molar-refractivity contribution in [2.45, 2.75) is 6.61 Å². The molecule has 0 aliphatic carbocycles. The van der Waals surface area contributed by atoms with Crippen molar-refractivity contribution in [1.29, 1.82) is 0 Å². The van der Waals surface area contributed by atoms with Gasteiger partial charge in [-0.05, 0) is 134 Å². The van der Waals surface area contributed by atoms with Crippen LogP contribution in [-0.4, -0.2) is 11.9 Å². The zero-order chi connectivity index (χ0) is 22.0. The van der Waals surface area contributed by atoms with Crippen LogP contribution >= 0.6 is 83.7 Å². The topological polar surface area (TPSA) is 47.9 Å². The molecular weight excluding hydrogens is 799 g/mol. The van der Waals surface area contributed by atoms with E-state index in [1.54, 1.807) is 6.08 Å². The van der Waals surface area contributed by atoms with Crippen molar-refractivity contribution in [3.05, 3.63) is 98.2 Å². The van der Waals surface area contributed by atoms with E-state index in [0.717, 1.165) is 34.1 Å². The van der Waals surface area contributed by atoms with Crippen molar-refractivity contribution < 1.29 is 14.3 Å².